The van der Waals surface area contributed by atoms with Crippen molar-refractivity contribution in [1.82, 2.24) is 0 Å². The highest BCUT2D eigenvalue weighted by atomic mass is 19.1. The number of aliphatic hydroxyl groups excluding tert-OH is 1. The quantitative estimate of drug-likeness (QED) is 0.487. The molecule has 0 aromatic heterocycles. The summed E-state index contributed by atoms with van der Waals surface area (Å²) in [6.45, 7) is -0.260. The third-order valence-corrected chi connectivity index (χ3v) is 1.02. The highest BCUT2D eigenvalue weighted by molar-refractivity contribution is 5.71. The highest BCUT2D eigenvalue weighted by Gasteiger charge is 2.17. The van der Waals surface area contributed by atoms with Gasteiger partial charge in [-0.1, -0.05) is 0 Å². The summed E-state index contributed by atoms with van der Waals surface area (Å²) in [4.78, 5) is 9.89. The summed E-state index contributed by atoms with van der Waals surface area (Å²) in [6, 6.07) is 0. The SMILES string of the molecule is NC[C@@H](F)C[C@H](O)C(=O)O. The van der Waals surface area contributed by atoms with Gasteiger partial charge >= 0.3 is 5.97 Å². The summed E-state index contributed by atoms with van der Waals surface area (Å²) in [6.07, 6.45) is -3.52. The van der Waals surface area contributed by atoms with Crippen LogP contribution in [0, 0.1) is 0 Å². The van der Waals surface area contributed by atoms with Crippen LogP contribution in [0.15, 0.2) is 0 Å². The Hall–Kier alpha value is -0.680. The number of aliphatic hydroxyl groups is 1. The highest BCUT2D eigenvalue weighted by Crippen LogP contribution is 2.00. The number of rotatable bonds is 4. The first-order valence-electron chi connectivity index (χ1n) is 2.83. The Labute approximate surface area is 57.5 Å². The lowest BCUT2D eigenvalue weighted by atomic mass is 10.2. The van der Waals surface area contributed by atoms with Gasteiger partial charge < -0.3 is 15.9 Å². The molecule has 0 bridgehead atoms. The van der Waals surface area contributed by atoms with Crippen LogP contribution >= 0.6 is 0 Å². The summed E-state index contributed by atoms with van der Waals surface area (Å²) < 4.78 is 12.2. The molecule has 0 unspecified atom stereocenters. The Bertz CT molecular complexity index is 119. The van der Waals surface area contributed by atoms with Crippen LogP contribution in [0.5, 0.6) is 0 Å². The van der Waals surface area contributed by atoms with Gasteiger partial charge in [0.25, 0.3) is 0 Å². The van der Waals surface area contributed by atoms with E-state index in [1.807, 2.05) is 0 Å². The number of carboxylic acids is 1. The molecule has 4 nitrogen and oxygen atoms in total. The second-order valence-corrected chi connectivity index (χ2v) is 1.92. The van der Waals surface area contributed by atoms with Crippen molar-refractivity contribution in [2.24, 2.45) is 5.73 Å². The lowest BCUT2D eigenvalue weighted by Crippen LogP contribution is -2.27. The Kier molecular flexibility index (Phi) is 3.90. The minimum Gasteiger partial charge on any atom is -0.479 e. The molecule has 0 spiro atoms. The van der Waals surface area contributed by atoms with Gasteiger partial charge in [0.05, 0.1) is 0 Å². The second kappa shape index (κ2) is 4.19. The van der Waals surface area contributed by atoms with E-state index >= 15 is 0 Å². The van der Waals surface area contributed by atoms with Crippen molar-refractivity contribution in [1.29, 1.82) is 0 Å². The number of alkyl halides is 1. The van der Waals surface area contributed by atoms with Gasteiger partial charge in [-0.05, 0) is 0 Å². The van der Waals surface area contributed by atoms with Crippen LogP contribution in [0.1, 0.15) is 6.42 Å². The third kappa shape index (κ3) is 3.37. The van der Waals surface area contributed by atoms with Gasteiger partial charge in [0.15, 0.2) is 6.10 Å². The average molecular weight is 151 g/mol. The molecule has 0 amide bonds. The minimum absolute atomic E-state index is 0.260. The van der Waals surface area contributed by atoms with Gasteiger partial charge in [0.1, 0.15) is 6.17 Å². The van der Waals surface area contributed by atoms with E-state index in [9.17, 15) is 9.18 Å². The molecule has 0 aromatic carbocycles. The molecule has 0 aliphatic rings. The second-order valence-electron chi connectivity index (χ2n) is 1.92. The van der Waals surface area contributed by atoms with Crippen LogP contribution in [0.4, 0.5) is 4.39 Å². The average Bonchev–Trinajstić information content (AvgIpc) is 1.87. The first kappa shape index (κ1) is 9.32. The van der Waals surface area contributed by atoms with Gasteiger partial charge in [0.2, 0.25) is 0 Å². The van der Waals surface area contributed by atoms with Crippen LogP contribution in [0.2, 0.25) is 0 Å². The summed E-state index contributed by atoms with van der Waals surface area (Å²) >= 11 is 0. The molecule has 10 heavy (non-hydrogen) atoms. The van der Waals surface area contributed by atoms with Crippen molar-refractivity contribution in [3.8, 4) is 0 Å². The van der Waals surface area contributed by atoms with Crippen molar-refractivity contribution in [2.45, 2.75) is 18.7 Å². The molecule has 0 heterocycles. The van der Waals surface area contributed by atoms with Crippen molar-refractivity contribution in [3.63, 3.8) is 0 Å². The van der Waals surface area contributed by atoms with Crippen LogP contribution < -0.4 is 5.73 Å². The van der Waals surface area contributed by atoms with Crippen LogP contribution in [0.3, 0.4) is 0 Å². The fourth-order valence-electron chi connectivity index (χ4n) is 0.439. The molecule has 0 rings (SSSR count). The lowest BCUT2D eigenvalue weighted by Gasteiger charge is -2.06. The van der Waals surface area contributed by atoms with E-state index < -0.39 is 24.7 Å². The first-order valence-corrected chi connectivity index (χ1v) is 2.83. The molecule has 60 valence electrons. The van der Waals surface area contributed by atoms with Gasteiger partial charge in [-0.3, -0.25) is 0 Å². The molecule has 4 N–H and O–H groups in total. The number of nitrogens with two attached hydrogens (primary N) is 1. The van der Waals surface area contributed by atoms with E-state index in [0.717, 1.165) is 0 Å². The largest absolute Gasteiger partial charge is 0.479 e. The van der Waals surface area contributed by atoms with Gasteiger partial charge in [-0.15, -0.1) is 0 Å². The van der Waals surface area contributed by atoms with E-state index in [4.69, 9.17) is 15.9 Å². The predicted molar refractivity (Wildman–Crippen MR) is 32.2 cm³/mol. The van der Waals surface area contributed by atoms with E-state index in [1.54, 1.807) is 0 Å². The number of hydrogen-bond acceptors (Lipinski definition) is 3. The van der Waals surface area contributed by atoms with E-state index in [-0.39, 0.29) is 6.54 Å². The topological polar surface area (TPSA) is 83.5 Å². The van der Waals surface area contributed by atoms with E-state index in [0.29, 0.717) is 0 Å². The molecular weight excluding hydrogens is 141 g/mol. The maximum atomic E-state index is 12.2. The van der Waals surface area contributed by atoms with Crippen LogP contribution in [0.25, 0.3) is 0 Å². The normalized spacial score (nSPS) is 16.3. The van der Waals surface area contributed by atoms with E-state index in [1.165, 1.54) is 0 Å². The monoisotopic (exact) mass is 151 g/mol. The molecule has 0 radical (unpaired) electrons. The zero-order chi connectivity index (χ0) is 8.15. The molecule has 5 heteroatoms. The number of aliphatic carboxylic acids is 1. The smallest absolute Gasteiger partial charge is 0.332 e. The van der Waals surface area contributed by atoms with Gasteiger partial charge in [-0.25, -0.2) is 9.18 Å². The molecule has 0 aliphatic heterocycles. The number of carboxylic acid groups (broad SMARTS) is 1. The Morgan fingerprint density at radius 3 is 2.50 bits per heavy atom. The molecule has 0 saturated heterocycles. The third-order valence-electron chi connectivity index (χ3n) is 1.02. The summed E-state index contributed by atoms with van der Waals surface area (Å²) in [5.74, 6) is -1.42. The molecule has 0 fully saturated rings. The minimum atomic E-state index is -1.64. The van der Waals surface area contributed by atoms with Crippen molar-refractivity contribution >= 4 is 5.97 Å². The van der Waals surface area contributed by atoms with Gasteiger partial charge in [0, 0.05) is 13.0 Å². The zero-order valence-electron chi connectivity index (χ0n) is 5.33. The fourth-order valence-corrected chi connectivity index (χ4v) is 0.439. The Morgan fingerprint density at radius 1 is 1.70 bits per heavy atom. The lowest BCUT2D eigenvalue weighted by molar-refractivity contribution is -0.147. The van der Waals surface area contributed by atoms with Crippen molar-refractivity contribution in [2.75, 3.05) is 6.54 Å². The molecular formula is C5H10FNO3. The molecule has 0 aromatic rings. The maximum absolute atomic E-state index is 12.2. The zero-order valence-corrected chi connectivity index (χ0v) is 5.33. The first-order chi connectivity index (χ1) is 4.57. The maximum Gasteiger partial charge on any atom is 0.332 e. The van der Waals surface area contributed by atoms with Crippen molar-refractivity contribution in [3.05, 3.63) is 0 Å². The van der Waals surface area contributed by atoms with Crippen molar-refractivity contribution < 1.29 is 19.4 Å². The van der Waals surface area contributed by atoms with Crippen LogP contribution in [-0.2, 0) is 4.79 Å². The van der Waals surface area contributed by atoms with E-state index in [2.05, 4.69) is 0 Å². The van der Waals surface area contributed by atoms with Crippen LogP contribution in [-0.4, -0.2) is 35.0 Å². The summed E-state index contributed by atoms with van der Waals surface area (Å²) in [5, 5.41) is 16.6. The Morgan fingerprint density at radius 2 is 2.20 bits per heavy atom. The molecule has 0 saturated carbocycles. The number of halogens is 1. The molecule has 0 aliphatic carbocycles. The standard InChI is InChI=1S/C5H10FNO3/c6-3(2-7)1-4(8)5(9)10/h3-4,8H,1-2,7H2,(H,9,10)/t3-,4-/m0/s1. The number of carbonyl (C=O) groups is 1. The summed E-state index contributed by atoms with van der Waals surface area (Å²) in [5.41, 5.74) is 4.84. The predicted octanol–water partition coefficient (Wildman–Crippen LogP) is -0.881. The molecule has 2 atom stereocenters. The summed E-state index contributed by atoms with van der Waals surface area (Å²) in [7, 11) is 0. The van der Waals surface area contributed by atoms with Gasteiger partial charge in [-0.2, -0.15) is 0 Å². The fraction of sp³-hybridized carbons (Fsp3) is 0.800. The number of hydrogen-bond donors (Lipinski definition) is 3. The Balaban J connectivity index is 3.56.